The number of rotatable bonds is 15. The third-order valence-corrected chi connectivity index (χ3v) is 11.9. The molecule has 3 amide bonds. The van der Waals surface area contributed by atoms with Crippen molar-refractivity contribution in [2.24, 2.45) is 17.8 Å². The first-order valence-corrected chi connectivity index (χ1v) is 16.0. The quantitative estimate of drug-likeness (QED) is 0.223. The monoisotopic (exact) mass is 611 g/mol. The third-order valence-electron chi connectivity index (χ3n) is 8.69. The van der Waals surface area contributed by atoms with Gasteiger partial charge in [0.05, 0.1) is 29.2 Å². The molecule has 3 saturated heterocycles. The van der Waals surface area contributed by atoms with Crippen LogP contribution in [-0.2, 0) is 14.4 Å². The summed E-state index contributed by atoms with van der Waals surface area (Å²) in [5.74, 6) is -1.37. The average molecular weight is 613 g/mol. The first-order valence-electron chi connectivity index (χ1n) is 14.2. The highest BCUT2D eigenvalue weighted by Crippen LogP contribution is 2.68. The molecule has 214 valence electrons. The smallest absolute Gasteiger partial charge is 0.247 e. The Morgan fingerprint density at radius 2 is 1.79 bits per heavy atom. The van der Waals surface area contributed by atoms with Gasteiger partial charge in [-0.2, -0.15) is 0 Å². The van der Waals surface area contributed by atoms with E-state index in [0.717, 1.165) is 25.7 Å². The van der Waals surface area contributed by atoms with Crippen molar-refractivity contribution in [3.8, 4) is 0 Å². The van der Waals surface area contributed by atoms with Gasteiger partial charge < -0.3 is 19.8 Å². The zero-order valence-corrected chi connectivity index (χ0v) is 25.9. The van der Waals surface area contributed by atoms with Crippen molar-refractivity contribution >= 4 is 45.4 Å². The second-order valence-corrected chi connectivity index (χ2v) is 13.8. The van der Waals surface area contributed by atoms with Crippen LogP contribution in [0.5, 0.6) is 0 Å². The van der Waals surface area contributed by atoms with Crippen LogP contribution in [0.4, 0.5) is 0 Å². The van der Waals surface area contributed by atoms with E-state index in [9.17, 15) is 19.5 Å². The number of hydrogen-bond acceptors (Lipinski definition) is 5. The van der Waals surface area contributed by atoms with Crippen LogP contribution in [0.1, 0.15) is 59.8 Å². The topological polar surface area (TPSA) is 81.2 Å². The van der Waals surface area contributed by atoms with Gasteiger partial charge >= 0.3 is 0 Å². The number of amides is 3. The summed E-state index contributed by atoms with van der Waals surface area (Å²) in [5, 5.41) is 10.5. The van der Waals surface area contributed by atoms with Crippen molar-refractivity contribution < 1.29 is 19.5 Å². The van der Waals surface area contributed by atoms with E-state index in [0.29, 0.717) is 32.6 Å². The number of alkyl halides is 1. The molecule has 7 nitrogen and oxygen atoms in total. The minimum Gasteiger partial charge on any atom is -0.394 e. The molecule has 0 aliphatic carbocycles. The number of halogens is 1. The number of likely N-dealkylation sites (tertiary alicyclic amines) is 1. The van der Waals surface area contributed by atoms with Crippen LogP contribution in [0.25, 0.3) is 0 Å². The normalized spacial score (nSPS) is 31.2. The van der Waals surface area contributed by atoms with Gasteiger partial charge in [0.1, 0.15) is 6.04 Å². The van der Waals surface area contributed by atoms with E-state index in [1.807, 2.05) is 30.6 Å². The minimum absolute atomic E-state index is 0.00597. The number of hydrogen-bond donors (Lipinski definition) is 1. The standard InChI is InChI=1S/C29H46BrN3O4S/c1-7-12-16-32(15-10-4)28(37)25-29-17-20(30)24(38-29)22(26(35)31(13-8-2)14-9-3)23(29)27(36)33(25)21(18-34)19(6)11-5/h8,10,19-25,34H,2,4,7,9,11-18H2,1,3,5-6H3/t19-,20?,21-,22-,23-,24-,25?,29?/m0/s1. The van der Waals surface area contributed by atoms with Crippen LogP contribution in [-0.4, -0.2) is 97.2 Å². The Balaban J connectivity index is 2.14. The van der Waals surface area contributed by atoms with Crippen molar-refractivity contribution in [2.75, 3.05) is 32.8 Å². The van der Waals surface area contributed by atoms with Crippen LogP contribution in [0.2, 0.25) is 0 Å². The number of carbonyl (C=O) groups excluding carboxylic acids is 3. The van der Waals surface area contributed by atoms with E-state index in [4.69, 9.17) is 0 Å². The van der Waals surface area contributed by atoms with Gasteiger partial charge in [0.2, 0.25) is 17.7 Å². The fraction of sp³-hybridized carbons (Fsp3) is 0.759. The van der Waals surface area contributed by atoms with E-state index >= 15 is 0 Å². The molecule has 8 atom stereocenters. The summed E-state index contributed by atoms with van der Waals surface area (Å²) in [4.78, 5) is 48.3. The Hall–Kier alpha value is -1.32. The fourth-order valence-corrected chi connectivity index (χ4v) is 10.3. The van der Waals surface area contributed by atoms with Gasteiger partial charge in [-0.1, -0.05) is 68.6 Å². The molecule has 1 spiro atoms. The molecule has 2 bridgehead atoms. The van der Waals surface area contributed by atoms with Crippen molar-refractivity contribution in [1.82, 2.24) is 14.7 Å². The summed E-state index contributed by atoms with van der Waals surface area (Å²) in [6.45, 7) is 17.7. The maximum absolute atomic E-state index is 14.5. The van der Waals surface area contributed by atoms with Crippen LogP contribution in [0.15, 0.2) is 25.3 Å². The Kier molecular flexibility index (Phi) is 11.0. The van der Waals surface area contributed by atoms with E-state index < -0.39 is 28.7 Å². The number of unbranched alkanes of at least 4 members (excludes halogenated alkanes) is 1. The van der Waals surface area contributed by atoms with Gasteiger partial charge in [-0.3, -0.25) is 14.4 Å². The van der Waals surface area contributed by atoms with Gasteiger partial charge in [0, 0.05) is 36.3 Å². The zero-order chi connectivity index (χ0) is 28.2. The zero-order valence-electron chi connectivity index (χ0n) is 23.5. The Morgan fingerprint density at radius 3 is 2.32 bits per heavy atom. The van der Waals surface area contributed by atoms with Crippen LogP contribution in [0, 0.1) is 17.8 Å². The average Bonchev–Trinajstić information content (AvgIpc) is 3.49. The van der Waals surface area contributed by atoms with E-state index in [2.05, 4.69) is 36.0 Å². The Morgan fingerprint density at radius 1 is 1.16 bits per heavy atom. The van der Waals surface area contributed by atoms with Crippen molar-refractivity contribution in [3.05, 3.63) is 25.3 Å². The van der Waals surface area contributed by atoms with E-state index in [1.165, 1.54) is 0 Å². The van der Waals surface area contributed by atoms with Crippen LogP contribution in [0.3, 0.4) is 0 Å². The molecule has 0 aromatic rings. The molecule has 3 unspecified atom stereocenters. The molecule has 1 N–H and O–H groups in total. The predicted molar refractivity (Wildman–Crippen MR) is 158 cm³/mol. The number of aliphatic hydroxyl groups is 1. The molecule has 0 saturated carbocycles. The summed E-state index contributed by atoms with van der Waals surface area (Å²) in [7, 11) is 0. The molecule has 0 radical (unpaired) electrons. The van der Waals surface area contributed by atoms with Gasteiger partial charge in [0.15, 0.2) is 0 Å². The summed E-state index contributed by atoms with van der Waals surface area (Å²) in [6, 6.07) is -1.21. The number of nitrogens with zero attached hydrogens (tertiary/aromatic N) is 3. The van der Waals surface area contributed by atoms with Gasteiger partial charge in [-0.15, -0.1) is 24.9 Å². The maximum atomic E-state index is 14.5. The molecule has 38 heavy (non-hydrogen) atoms. The van der Waals surface area contributed by atoms with Crippen LogP contribution >= 0.6 is 27.7 Å². The predicted octanol–water partition coefficient (Wildman–Crippen LogP) is 4.10. The van der Waals surface area contributed by atoms with Gasteiger partial charge in [-0.25, -0.2) is 0 Å². The molecule has 3 fully saturated rings. The first kappa shape index (κ1) is 31.2. The fourth-order valence-electron chi connectivity index (χ4n) is 6.70. The molecule has 3 aliphatic rings. The van der Waals surface area contributed by atoms with Crippen molar-refractivity contribution in [1.29, 1.82) is 0 Å². The molecular formula is C29H46BrN3O4S. The minimum atomic E-state index is -0.727. The van der Waals surface area contributed by atoms with E-state index in [-0.39, 0.29) is 40.3 Å². The van der Waals surface area contributed by atoms with Crippen molar-refractivity contribution in [3.63, 3.8) is 0 Å². The first-order chi connectivity index (χ1) is 18.2. The lowest BCUT2D eigenvalue weighted by Crippen LogP contribution is -2.59. The summed E-state index contributed by atoms with van der Waals surface area (Å²) < 4.78 is -0.716. The van der Waals surface area contributed by atoms with Crippen molar-refractivity contribution in [2.45, 2.75) is 86.7 Å². The molecule has 9 heteroatoms. The second kappa shape index (κ2) is 13.4. The highest BCUT2D eigenvalue weighted by atomic mass is 79.9. The number of fused-ring (bicyclic) bond motifs is 1. The lowest BCUT2D eigenvalue weighted by atomic mass is 9.70. The molecule has 0 aromatic carbocycles. The molecular weight excluding hydrogens is 566 g/mol. The lowest BCUT2D eigenvalue weighted by molar-refractivity contribution is -0.148. The lowest BCUT2D eigenvalue weighted by Gasteiger charge is -2.41. The third kappa shape index (κ3) is 5.36. The summed E-state index contributed by atoms with van der Waals surface area (Å²) in [6.07, 6.45) is 7.49. The van der Waals surface area contributed by atoms with Gasteiger partial charge in [-0.05, 0) is 25.2 Å². The summed E-state index contributed by atoms with van der Waals surface area (Å²) in [5.41, 5.74) is 0. The second-order valence-electron chi connectivity index (χ2n) is 11.0. The van der Waals surface area contributed by atoms with Crippen LogP contribution < -0.4 is 0 Å². The molecule has 0 aromatic heterocycles. The Labute approximate surface area is 241 Å². The summed E-state index contributed by atoms with van der Waals surface area (Å²) >= 11 is 5.51. The highest BCUT2D eigenvalue weighted by molar-refractivity contribution is 9.09. The largest absolute Gasteiger partial charge is 0.394 e. The number of carbonyl (C=O) groups is 3. The van der Waals surface area contributed by atoms with E-state index in [1.54, 1.807) is 28.8 Å². The maximum Gasteiger partial charge on any atom is 0.247 e. The highest BCUT2D eigenvalue weighted by Gasteiger charge is 2.76. The molecule has 3 heterocycles. The SMILES string of the molecule is C=CCN(CCCC)C(=O)C1N([C@@H](CO)[C@@H](C)CC)C(=O)[C@@H]2[C@H](C(=O)N(CC=C)CCC)[C@H]3SC12CC3Br. The Bertz CT molecular complexity index is 903. The molecule has 3 aliphatic heterocycles. The molecule has 3 rings (SSSR count). The van der Waals surface area contributed by atoms with Gasteiger partial charge in [0.25, 0.3) is 0 Å². The number of aliphatic hydroxyl groups excluding tert-OH is 1. The number of thioether (sulfide) groups is 1.